The third kappa shape index (κ3) is 4.39. The van der Waals surface area contributed by atoms with E-state index in [4.69, 9.17) is 11.6 Å². The summed E-state index contributed by atoms with van der Waals surface area (Å²) < 4.78 is 16.6. The Bertz CT molecular complexity index is 1010. The average Bonchev–Trinajstić information content (AvgIpc) is 3.42. The molecule has 1 fully saturated rings. The molecule has 2 N–H and O–H groups in total. The minimum atomic E-state index is -0.279. The highest BCUT2D eigenvalue weighted by Crippen LogP contribution is 2.31. The van der Waals surface area contributed by atoms with Gasteiger partial charge in [0, 0.05) is 30.4 Å². The Morgan fingerprint density at radius 2 is 2.00 bits per heavy atom. The van der Waals surface area contributed by atoms with E-state index in [2.05, 4.69) is 30.7 Å². The SMILES string of the molecule is CN=C(NCc1nnc2ccccn12)NCC(c1c(F)cccc1Cl)N1CCCC1. The number of fused-ring (bicyclic) bond motifs is 1. The molecule has 1 aliphatic heterocycles. The number of guanidine groups is 1. The van der Waals surface area contributed by atoms with Crippen molar-refractivity contribution in [1.29, 1.82) is 0 Å². The number of rotatable bonds is 6. The minimum Gasteiger partial charge on any atom is -0.354 e. The van der Waals surface area contributed by atoms with Gasteiger partial charge in [0.25, 0.3) is 0 Å². The van der Waals surface area contributed by atoms with Gasteiger partial charge in [-0.1, -0.05) is 23.7 Å². The number of hydrogen-bond acceptors (Lipinski definition) is 4. The van der Waals surface area contributed by atoms with Crippen LogP contribution in [0.25, 0.3) is 5.65 Å². The van der Waals surface area contributed by atoms with Gasteiger partial charge < -0.3 is 10.6 Å². The molecule has 7 nitrogen and oxygen atoms in total. The van der Waals surface area contributed by atoms with Crippen molar-refractivity contribution in [1.82, 2.24) is 30.1 Å². The number of benzene rings is 1. The molecule has 0 saturated carbocycles. The van der Waals surface area contributed by atoms with Crippen molar-refractivity contribution in [2.24, 2.45) is 4.99 Å². The third-order valence-electron chi connectivity index (χ3n) is 5.40. The van der Waals surface area contributed by atoms with Crippen molar-refractivity contribution in [3.05, 3.63) is 64.8 Å². The van der Waals surface area contributed by atoms with Crippen LogP contribution in [0, 0.1) is 5.82 Å². The summed E-state index contributed by atoms with van der Waals surface area (Å²) in [4.78, 5) is 6.57. The average molecular weight is 430 g/mol. The number of aliphatic imine (C=N–C) groups is 1. The Kier molecular flexibility index (Phi) is 6.44. The number of likely N-dealkylation sites (tertiary alicyclic amines) is 1. The van der Waals surface area contributed by atoms with E-state index >= 15 is 0 Å². The summed E-state index contributed by atoms with van der Waals surface area (Å²) in [5.74, 6) is 1.11. The van der Waals surface area contributed by atoms with Gasteiger partial charge in [0.2, 0.25) is 0 Å². The zero-order valence-electron chi connectivity index (χ0n) is 16.9. The number of pyridine rings is 1. The van der Waals surface area contributed by atoms with Crippen LogP contribution in [0.4, 0.5) is 4.39 Å². The second-order valence-corrected chi connectivity index (χ2v) is 7.65. The van der Waals surface area contributed by atoms with Gasteiger partial charge in [-0.25, -0.2) is 4.39 Å². The normalized spacial score (nSPS) is 16.2. The van der Waals surface area contributed by atoms with Crippen LogP contribution in [-0.2, 0) is 6.54 Å². The molecule has 30 heavy (non-hydrogen) atoms. The maximum Gasteiger partial charge on any atom is 0.191 e. The molecule has 0 amide bonds. The molecular formula is C21H25ClFN7. The van der Waals surface area contributed by atoms with Gasteiger partial charge in [0.15, 0.2) is 17.4 Å². The van der Waals surface area contributed by atoms with Gasteiger partial charge in [-0.3, -0.25) is 14.3 Å². The molecule has 0 spiro atoms. The zero-order chi connectivity index (χ0) is 20.9. The molecule has 158 valence electrons. The van der Waals surface area contributed by atoms with Crippen molar-refractivity contribution in [2.75, 3.05) is 26.7 Å². The highest BCUT2D eigenvalue weighted by molar-refractivity contribution is 6.31. The number of halogens is 2. The van der Waals surface area contributed by atoms with E-state index in [1.807, 2.05) is 28.8 Å². The van der Waals surface area contributed by atoms with Crippen LogP contribution in [0.15, 0.2) is 47.6 Å². The summed E-state index contributed by atoms with van der Waals surface area (Å²) >= 11 is 6.38. The Hall–Kier alpha value is -2.71. The first-order valence-electron chi connectivity index (χ1n) is 10.1. The lowest BCUT2D eigenvalue weighted by molar-refractivity contribution is 0.240. The summed E-state index contributed by atoms with van der Waals surface area (Å²) in [5, 5.41) is 15.4. The van der Waals surface area contributed by atoms with Crippen molar-refractivity contribution in [2.45, 2.75) is 25.4 Å². The van der Waals surface area contributed by atoms with Crippen molar-refractivity contribution < 1.29 is 4.39 Å². The predicted octanol–water partition coefficient (Wildman–Crippen LogP) is 3.02. The summed E-state index contributed by atoms with van der Waals surface area (Å²) in [5.41, 5.74) is 1.33. The van der Waals surface area contributed by atoms with Crippen molar-refractivity contribution in [3.8, 4) is 0 Å². The molecule has 0 aliphatic carbocycles. The van der Waals surface area contributed by atoms with Gasteiger partial charge in [0.05, 0.1) is 12.6 Å². The molecule has 2 aromatic heterocycles. The van der Waals surface area contributed by atoms with E-state index in [0.717, 1.165) is 37.4 Å². The van der Waals surface area contributed by atoms with E-state index in [1.54, 1.807) is 19.2 Å². The highest BCUT2D eigenvalue weighted by Gasteiger charge is 2.27. The second-order valence-electron chi connectivity index (χ2n) is 7.25. The molecule has 1 saturated heterocycles. The third-order valence-corrected chi connectivity index (χ3v) is 5.73. The Labute approximate surface area is 180 Å². The number of hydrogen-bond donors (Lipinski definition) is 2. The lowest BCUT2D eigenvalue weighted by Gasteiger charge is -2.29. The van der Waals surface area contributed by atoms with Crippen LogP contribution >= 0.6 is 11.6 Å². The van der Waals surface area contributed by atoms with Gasteiger partial charge in [-0.05, 0) is 50.2 Å². The number of nitrogens with one attached hydrogen (secondary N) is 2. The fourth-order valence-corrected chi connectivity index (χ4v) is 4.17. The van der Waals surface area contributed by atoms with Crippen LogP contribution < -0.4 is 10.6 Å². The highest BCUT2D eigenvalue weighted by atomic mass is 35.5. The summed E-state index contributed by atoms with van der Waals surface area (Å²) in [6.45, 7) is 2.80. The second kappa shape index (κ2) is 9.40. The zero-order valence-corrected chi connectivity index (χ0v) is 17.6. The molecule has 1 atom stereocenters. The van der Waals surface area contributed by atoms with Gasteiger partial charge in [0.1, 0.15) is 5.82 Å². The van der Waals surface area contributed by atoms with Crippen LogP contribution in [-0.4, -0.2) is 52.1 Å². The smallest absolute Gasteiger partial charge is 0.191 e. The van der Waals surface area contributed by atoms with Crippen molar-refractivity contribution in [3.63, 3.8) is 0 Å². The molecule has 1 aliphatic rings. The largest absolute Gasteiger partial charge is 0.354 e. The van der Waals surface area contributed by atoms with Gasteiger partial charge in [-0.15, -0.1) is 10.2 Å². The van der Waals surface area contributed by atoms with Crippen LogP contribution in [0.5, 0.6) is 0 Å². The van der Waals surface area contributed by atoms with Crippen molar-refractivity contribution >= 4 is 23.2 Å². The molecule has 1 unspecified atom stereocenters. The standard InChI is InChI=1S/C21H25ClFN7/c1-24-21(26-14-19-28-27-18-9-2-3-12-30(18)19)25-13-17(29-10-4-5-11-29)20-15(22)7-6-8-16(20)23/h2-3,6-9,12,17H,4-5,10-11,13-14H2,1H3,(H2,24,25,26). The Morgan fingerprint density at radius 3 is 2.77 bits per heavy atom. The maximum atomic E-state index is 14.6. The quantitative estimate of drug-likeness (QED) is 0.465. The molecule has 1 aromatic carbocycles. The molecular weight excluding hydrogens is 405 g/mol. The van der Waals surface area contributed by atoms with Gasteiger partial charge in [-0.2, -0.15) is 0 Å². The molecule has 3 heterocycles. The minimum absolute atomic E-state index is 0.173. The fraction of sp³-hybridized carbons (Fsp3) is 0.381. The first-order chi connectivity index (χ1) is 14.7. The first kappa shape index (κ1) is 20.6. The van der Waals surface area contributed by atoms with E-state index in [0.29, 0.717) is 29.6 Å². The van der Waals surface area contributed by atoms with E-state index < -0.39 is 0 Å². The number of aromatic nitrogens is 3. The van der Waals surface area contributed by atoms with E-state index in [9.17, 15) is 4.39 Å². The molecule has 0 bridgehead atoms. The Balaban J connectivity index is 1.45. The maximum absolute atomic E-state index is 14.6. The molecule has 9 heteroatoms. The summed E-state index contributed by atoms with van der Waals surface area (Å²) in [6, 6.07) is 10.4. The van der Waals surface area contributed by atoms with Crippen LogP contribution in [0.2, 0.25) is 5.02 Å². The fourth-order valence-electron chi connectivity index (χ4n) is 3.88. The molecule has 3 aromatic rings. The summed E-state index contributed by atoms with van der Waals surface area (Å²) in [6.07, 6.45) is 4.14. The van der Waals surface area contributed by atoms with Crippen LogP contribution in [0.1, 0.15) is 30.3 Å². The number of nitrogens with zero attached hydrogens (tertiary/aromatic N) is 5. The molecule has 4 rings (SSSR count). The molecule has 0 radical (unpaired) electrons. The topological polar surface area (TPSA) is 69.8 Å². The lowest BCUT2D eigenvalue weighted by Crippen LogP contribution is -2.43. The predicted molar refractivity (Wildman–Crippen MR) is 116 cm³/mol. The van der Waals surface area contributed by atoms with E-state index in [-0.39, 0.29) is 11.9 Å². The summed E-state index contributed by atoms with van der Waals surface area (Å²) in [7, 11) is 1.71. The van der Waals surface area contributed by atoms with Crippen LogP contribution in [0.3, 0.4) is 0 Å². The monoisotopic (exact) mass is 429 g/mol. The van der Waals surface area contributed by atoms with Gasteiger partial charge >= 0.3 is 0 Å². The Morgan fingerprint density at radius 1 is 1.17 bits per heavy atom. The first-order valence-corrected chi connectivity index (χ1v) is 10.5. The van der Waals surface area contributed by atoms with E-state index in [1.165, 1.54) is 6.07 Å². The lowest BCUT2D eigenvalue weighted by atomic mass is 10.0.